The van der Waals surface area contributed by atoms with Crippen LogP contribution in [0.5, 0.6) is 0 Å². The first-order valence-electron chi connectivity index (χ1n) is 9.54. The van der Waals surface area contributed by atoms with Crippen LogP contribution in [0.25, 0.3) is 9.88 Å². The zero-order valence-corrected chi connectivity index (χ0v) is 17.6. The molecule has 1 aliphatic rings. The number of nitrogens with one attached hydrogen (secondary N) is 2. The fourth-order valence-electron chi connectivity index (χ4n) is 3.04. The van der Waals surface area contributed by atoms with Crippen LogP contribution in [0.1, 0.15) is 12.0 Å². The van der Waals surface area contributed by atoms with Crippen LogP contribution in [0.2, 0.25) is 0 Å². The Bertz CT molecular complexity index is 956. The molecular formula is C20H22N6OS2. The number of anilines is 3. The van der Waals surface area contributed by atoms with E-state index in [-0.39, 0.29) is 0 Å². The molecule has 1 aromatic carbocycles. The molecule has 7 nitrogen and oxygen atoms in total. The fourth-order valence-corrected chi connectivity index (χ4v) is 4.69. The average molecular weight is 427 g/mol. The normalized spacial score (nSPS) is 14.4. The maximum Gasteiger partial charge on any atom is 0.210 e. The number of hydrogen-bond donors (Lipinski definition) is 2. The van der Waals surface area contributed by atoms with Crippen molar-refractivity contribution in [1.29, 1.82) is 5.26 Å². The van der Waals surface area contributed by atoms with Crippen molar-refractivity contribution in [2.75, 3.05) is 50.0 Å². The lowest BCUT2D eigenvalue weighted by Crippen LogP contribution is -2.37. The summed E-state index contributed by atoms with van der Waals surface area (Å²) in [5.41, 5.74) is 2.73. The second-order valence-corrected chi connectivity index (χ2v) is 8.55. The quantitative estimate of drug-likeness (QED) is 0.526. The summed E-state index contributed by atoms with van der Waals surface area (Å²) < 4.78 is 5.38. The van der Waals surface area contributed by atoms with Crippen molar-refractivity contribution in [2.24, 2.45) is 0 Å². The Morgan fingerprint density at radius 1 is 1.14 bits per heavy atom. The van der Waals surface area contributed by atoms with Gasteiger partial charge in [0.25, 0.3) is 0 Å². The number of rotatable bonds is 8. The van der Waals surface area contributed by atoms with Crippen molar-refractivity contribution in [2.45, 2.75) is 6.42 Å². The van der Waals surface area contributed by atoms with E-state index < -0.39 is 0 Å². The monoisotopic (exact) mass is 426 g/mol. The Morgan fingerprint density at radius 3 is 2.69 bits per heavy atom. The van der Waals surface area contributed by atoms with E-state index in [0.717, 1.165) is 72.2 Å². The second kappa shape index (κ2) is 9.80. The van der Waals surface area contributed by atoms with Crippen molar-refractivity contribution in [3.63, 3.8) is 0 Å². The number of hydrogen-bond acceptors (Lipinski definition) is 9. The van der Waals surface area contributed by atoms with E-state index in [9.17, 15) is 0 Å². The highest BCUT2D eigenvalue weighted by Crippen LogP contribution is 2.32. The van der Waals surface area contributed by atoms with Crippen molar-refractivity contribution < 1.29 is 4.74 Å². The van der Waals surface area contributed by atoms with Gasteiger partial charge in [0.2, 0.25) is 5.13 Å². The van der Waals surface area contributed by atoms with Gasteiger partial charge >= 0.3 is 0 Å². The van der Waals surface area contributed by atoms with E-state index in [1.807, 2.05) is 23.6 Å². The van der Waals surface area contributed by atoms with Crippen molar-refractivity contribution in [3.05, 3.63) is 41.3 Å². The molecule has 0 bridgehead atoms. The summed E-state index contributed by atoms with van der Waals surface area (Å²) in [6.45, 7) is 5.85. The van der Waals surface area contributed by atoms with Gasteiger partial charge in [-0.15, -0.1) is 21.5 Å². The first-order chi connectivity index (χ1) is 14.3. The average Bonchev–Trinajstić information content (AvgIpc) is 3.42. The third-order valence-corrected chi connectivity index (χ3v) is 6.52. The summed E-state index contributed by atoms with van der Waals surface area (Å²) >= 11 is 2.99. The molecule has 1 aliphatic heterocycles. The Kier molecular flexibility index (Phi) is 6.69. The third-order valence-electron chi connectivity index (χ3n) is 4.58. The molecule has 0 saturated carbocycles. The van der Waals surface area contributed by atoms with Gasteiger partial charge < -0.3 is 15.4 Å². The molecule has 9 heteroatoms. The molecule has 4 rings (SSSR count). The first-order valence-corrected chi connectivity index (χ1v) is 11.2. The van der Waals surface area contributed by atoms with Crippen LogP contribution in [0.15, 0.2) is 35.7 Å². The fraction of sp³-hybridized carbons (Fsp3) is 0.350. The van der Waals surface area contributed by atoms with Gasteiger partial charge in [-0.1, -0.05) is 11.3 Å². The zero-order valence-electron chi connectivity index (χ0n) is 15.9. The number of thiophene rings is 1. The van der Waals surface area contributed by atoms with Crippen LogP contribution < -0.4 is 10.6 Å². The maximum atomic E-state index is 8.95. The summed E-state index contributed by atoms with van der Waals surface area (Å²) in [6.07, 6.45) is 1.11. The SMILES string of the molecule is N#Cc1csc(-c2nnc(Nc3ccc(NCCCN4CCOCC4)cc3)s2)c1. The molecule has 2 N–H and O–H groups in total. The summed E-state index contributed by atoms with van der Waals surface area (Å²) in [7, 11) is 0. The standard InChI is InChI=1S/C20H22N6OS2/c21-13-15-12-18(28-14-15)19-24-25-20(29-19)23-17-4-2-16(3-5-17)22-6-1-7-26-8-10-27-11-9-26/h2-5,12,14,22H,1,6-11H2,(H,23,25). The number of ether oxygens (including phenoxy) is 1. The third kappa shape index (κ3) is 5.52. The molecule has 1 fully saturated rings. The predicted octanol–water partition coefficient (Wildman–Crippen LogP) is 4.02. The minimum atomic E-state index is 0.655. The summed E-state index contributed by atoms with van der Waals surface area (Å²) in [5, 5.41) is 27.5. The van der Waals surface area contributed by atoms with Crippen LogP contribution in [-0.4, -0.2) is 54.5 Å². The summed E-state index contributed by atoms with van der Waals surface area (Å²) in [5.74, 6) is 0. The van der Waals surface area contributed by atoms with Gasteiger partial charge in [0.05, 0.1) is 23.7 Å². The smallest absolute Gasteiger partial charge is 0.210 e. The van der Waals surface area contributed by atoms with E-state index in [2.05, 4.69) is 43.9 Å². The largest absolute Gasteiger partial charge is 0.385 e. The highest BCUT2D eigenvalue weighted by atomic mass is 32.1. The lowest BCUT2D eigenvalue weighted by molar-refractivity contribution is 0.0378. The van der Waals surface area contributed by atoms with Crippen molar-refractivity contribution in [3.8, 4) is 16.0 Å². The van der Waals surface area contributed by atoms with Gasteiger partial charge in [0.15, 0.2) is 5.01 Å². The molecule has 1 saturated heterocycles. The molecule has 29 heavy (non-hydrogen) atoms. The molecular weight excluding hydrogens is 404 g/mol. The number of nitrogens with zero attached hydrogens (tertiary/aromatic N) is 4. The highest BCUT2D eigenvalue weighted by Gasteiger charge is 2.10. The molecule has 0 unspecified atom stereocenters. The van der Waals surface area contributed by atoms with Crippen molar-refractivity contribution >= 4 is 39.2 Å². The van der Waals surface area contributed by atoms with Gasteiger partial charge in [0.1, 0.15) is 6.07 Å². The molecule has 150 valence electrons. The van der Waals surface area contributed by atoms with Crippen LogP contribution in [0.4, 0.5) is 16.5 Å². The Labute approximate surface area is 178 Å². The minimum Gasteiger partial charge on any atom is -0.385 e. The topological polar surface area (TPSA) is 86.1 Å². The van der Waals surface area contributed by atoms with Gasteiger partial charge in [0, 0.05) is 36.4 Å². The summed E-state index contributed by atoms with van der Waals surface area (Å²) in [6, 6.07) is 12.2. The summed E-state index contributed by atoms with van der Waals surface area (Å²) in [4.78, 5) is 3.41. The van der Waals surface area contributed by atoms with Crippen LogP contribution in [-0.2, 0) is 4.74 Å². The lowest BCUT2D eigenvalue weighted by atomic mass is 10.2. The number of morpholine rings is 1. The molecule has 0 spiro atoms. The van der Waals surface area contributed by atoms with Gasteiger partial charge in [-0.25, -0.2) is 0 Å². The highest BCUT2D eigenvalue weighted by molar-refractivity contribution is 7.23. The minimum absolute atomic E-state index is 0.655. The Hall–Kier alpha value is -2.51. The van der Waals surface area contributed by atoms with E-state index in [1.165, 1.54) is 22.7 Å². The van der Waals surface area contributed by atoms with Crippen LogP contribution in [0, 0.1) is 11.3 Å². The van der Waals surface area contributed by atoms with E-state index in [0.29, 0.717) is 5.56 Å². The zero-order chi connectivity index (χ0) is 19.9. The number of benzene rings is 1. The van der Waals surface area contributed by atoms with Gasteiger partial charge in [-0.3, -0.25) is 4.90 Å². The predicted molar refractivity (Wildman–Crippen MR) is 118 cm³/mol. The number of aromatic nitrogens is 2. The van der Waals surface area contributed by atoms with Gasteiger partial charge in [-0.2, -0.15) is 5.26 Å². The molecule has 2 aromatic heterocycles. The molecule has 3 heterocycles. The maximum absolute atomic E-state index is 8.95. The van der Waals surface area contributed by atoms with Crippen LogP contribution in [0.3, 0.4) is 0 Å². The van der Waals surface area contributed by atoms with Crippen molar-refractivity contribution in [1.82, 2.24) is 15.1 Å². The second-order valence-electron chi connectivity index (χ2n) is 6.66. The van der Waals surface area contributed by atoms with Gasteiger partial charge in [-0.05, 0) is 43.3 Å². The molecule has 0 atom stereocenters. The lowest BCUT2D eigenvalue weighted by Gasteiger charge is -2.26. The van der Waals surface area contributed by atoms with E-state index in [4.69, 9.17) is 10.00 Å². The Morgan fingerprint density at radius 2 is 1.93 bits per heavy atom. The first kappa shape index (κ1) is 19.8. The van der Waals surface area contributed by atoms with E-state index in [1.54, 1.807) is 0 Å². The van der Waals surface area contributed by atoms with Crippen LogP contribution >= 0.6 is 22.7 Å². The molecule has 0 aliphatic carbocycles. The van der Waals surface area contributed by atoms with E-state index >= 15 is 0 Å². The Balaban J connectivity index is 1.24. The molecule has 0 amide bonds. The molecule has 3 aromatic rings. The number of nitriles is 1. The molecule has 0 radical (unpaired) electrons.